The van der Waals surface area contributed by atoms with Gasteiger partial charge in [0.1, 0.15) is 0 Å². The Morgan fingerprint density at radius 3 is 2.89 bits per heavy atom. The van der Waals surface area contributed by atoms with Crippen LogP contribution in [0.25, 0.3) is 0 Å². The van der Waals surface area contributed by atoms with E-state index >= 15 is 0 Å². The van der Waals surface area contributed by atoms with Crippen LogP contribution in [0.1, 0.15) is 0 Å². The molecule has 1 rings (SSSR count). The predicted octanol–water partition coefficient (Wildman–Crippen LogP) is 1.14. The van der Waals surface area contributed by atoms with E-state index in [2.05, 4.69) is 4.81 Å². The second-order valence-corrected chi connectivity index (χ2v) is 3.11. The first-order valence-corrected chi connectivity index (χ1v) is 3.41. The van der Waals surface area contributed by atoms with Crippen molar-refractivity contribution in [2.45, 2.75) is 0 Å². The standard InChI is InChI=1S/C4H3BClO2S/c6-4-2-1-3(9-4)5-8-7/h1-2,7H. The Morgan fingerprint density at radius 2 is 2.44 bits per heavy atom. The molecular weight excluding hydrogens is 158 g/mol. The van der Waals surface area contributed by atoms with Crippen molar-refractivity contribution in [1.29, 1.82) is 0 Å². The summed E-state index contributed by atoms with van der Waals surface area (Å²) in [6, 6.07) is 3.49. The first-order chi connectivity index (χ1) is 4.33. The molecule has 1 heterocycles. The van der Waals surface area contributed by atoms with Crippen molar-refractivity contribution in [1.82, 2.24) is 0 Å². The molecule has 1 aromatic heterocycles. The van der Waals surface area contributed by atoms with Crippen LogP contribution in [0, 0.1) is 0 Å². The third-order valence-electron chi connectivity index (χ3n) is 0.763. The molecule has 0 aliphatic rings. The minimum atomic E-state index is 0.679. The van der Waals surface area contributed by atoms with Crippen LogP contribution in [0.15, 0.2) is 12.1 Å². The summed E-state index contributed by atoms with van der Waals surface area (Å²) in [6.45, 7) is 0. The van der Waals surface area contributed by atoms with E-state index in [0.29, 0.717) is 4.34 Å². The molecule has 2 nitrogen and oxygen atoms in total. The molecule has 1 N–H and O–H groups in total. The van der Waals surface area contributed by atoms with Crippen LogP contribution in [-0.4, -0.2) is 12.7 Å². The summed E-state index contributed by atoms with van der Waals surface area (Å²) in [4.78, 5) is 3.77. The molecule has 0 aliphatic carbocycles. The van der Waals surface area contributed by atoms with E-state index in [9.17, 15) is 0 Å². The van der Waals surface area contributed by atoms with Gasteiger partial charge in [-0.25, -0.2) is 0 Å². The Bertz CT molecular complexity index is 190. The fourth-order valence-electron chi connectivity index (χ4n) is 0.444. The molecule has 0 aliphatic heterocycles. The first kappa shape index (κ1) is 7.09. The van der Waals surface area contributed by atoms with Gasteiger partial charge in [-0.3, -0.25) is 5.26 Å². The highest BCUT2D eigenvalue weighted by molar-refractivity contribution is 7.24. The molecule has 0 unspecified atom stereocenters. The summed E-state index contributed by atoms with van der Waals surface area (Å²) in [6.07, 6.45) is 0. The van der Waals surface area contributed by atoms with Gasteiger partial charge in [0.15, 0.2) is 0 Å². The van der Waals surface area contributed by atoms with Gasteiger partial charge in [0.2, 0.25) is 0 Å². The summed E-state index contributed by atoms with van der Waals surface area (Å²) in [5.41, 5.74) is 0. The third-order valence-corrected chi connectivity index (χ3v) is 1.92. The van der Waals surface area contributed by atoms with Crippen molar-refractivity contribution in [3.63, 3.8) is 0 Å². The molecule has 0 saturated heterocycles. The van der Waals surface area contributed by atoms with Gasteiger partial charge in [0.05, 0.1) is 4.34 Å². The minimum absolute atomic E-state index is 0.679. The number of hydrogen-bond acceptors (Lipinski definition) is 3. The molecule has 0 atom stereocenters. The first-order valence-electron chi connectivity index (χ1n) is 2.21. The van der Waals surface area contributed by atoms with Crippen molar-refractivity contribution in [2.75, 3.05) is 0 Å². The van der Waals surface area contributed by atoms with E-state index in [-0.39, 0.29) is 0 Å². The highest BCUT2D eigenvalue weighted by atomic mass is 35.5. The van der Waals surface area contributed by atoms with Gasteiger partial charge in [-0.2, -0.15) is 0 Å². The van der Waals surface area contributed by atoms with Gasteiger partial charge in [-0.15, -0.1) is 11.3 Å². The lowest BCUT2D eigenvalue weighted by Crippen LogP contribution is -2.10. The zero-order chi connectivity index (χ0) is 6.69. The van der Waals surface area contributed by atoms with E-state index in [0.717, 1.165) is 4.78 Å². The molecular formula is C4H3BClO2S. The molecule has 0 aromatic carbocycles. The third kappa shape index (κ3) is 1.99. The Balaban J connectivity index is 2.61. The molecule has 0 saturated carbocycles. The Hall–Kier alpha value is -0.0251. The van der Waals surface area contributed by atoms with E-state index in [1.807, 2.05) is 0 Å². The monoisotopic (exact) mass is 161 g/mol. The minimum Gasteiger partial charge on any atom is -0.306 e. The van der Waals surface area contributed by atoms with Crippen LogP contribution < -0.4 is 4.78 Å². The number of rotatable bonds is 2. The summed E-state index contributed by atoms with van der Waals surface area (Å²) in [5.74, 6) is 0. The van der Waals surface area contributed by atoms with Crippen molar-refractivity contribution in [2.24, 2.45) is 0 Å². The summed E-state index contributed by atoms with van der Waals surface area (Å²) >= 11 is 6.89. The van der Waals surface area contributed by atoms with Gasteiger partial charge in [0.25, 0.3) is 0 Å². The molecule has 0 fully saturated rings. The summed E-state index contributed by atoms with van der Waals surface area (Å²) in [5, 5.41) is 7.94. The smallest absolute Gasteiger partial charge is 0.306 e. The molecule has 47 valence electrons. The average Bonchev–Trinajstić information content (AvgIpc) is 2.17. The van der Waals surface area contributed by atoms with Gasteiger partial charge in [-0.1, -0.05) is 17.7 Å². The van der Waals surface area contributed by atoms with Crippen LogP contribution in [0.4, 0.5) is 0 Å². The largest absolute Gasteiger partial charge is 0.392 e. The highest BCUT2D eigenvalue weighted by Gasteiger charge is 1.99. The van der Waals surface area contributed by atoms with Crippen molar-refractivity contribution in [3.05, 3.63) is 16.5 Å². The quantitative estimate of drug-likeness (QED) is 0.400. The van der Waals surface area contributed by atoms with E-state index < -0.39 is 0 Å². The topological polar surface area (TPSA) is 29.5 Å². The zero-order valence-electron chi connectivity index (χ0n) is 4.37. The molecule has 1 radical (unpaired) electrons. The number of thiophene rings is 1. The van der Waals surface area contributed by atoms with E-state index in [1.165, 1.54) is 18.8 Å². The van der Waals surface area contributed by atoms with Crippen molar-refractivity contribution in [3.8, 4) is 0 Å². The van der Waals surface area contributed by atoms with Crippen LogP contribution in [-0.2, 0) is 4.81 Å². The lowest BCUT2D eigenvalue weighted by Gasteiger charge is -1.83. The average molecular weight is 161 g/mol. The second kappa shape index (κ2) is 3.22. The Morgan fingerprint density at radius 1 is 1.67 bits per heavy atom. The van der Waals surface area contributed by atoms with Crippen molar-refractivity contribution >= 4 is 35.2 Å². The highest BCUT2D eigenvalue weighted by Crippen LogP contribution is 2.12. The van der Waals surface area contributed by atoms with Crippen LogP contribution in [0.5, 0.6) is 0 Å². The van der Waals surface area contributed by atoms with E-state index in [4.69, 9.17) is 16.9 Å². The van der Waals surface area contributed by atoms with Gasteiger partial charge < -0.3 is 4.81 Å². The predicted molar refractivity (Wildman–Crippen MR) is 38.4 cm³/mol. The lowest BCUT2D eigenvalue weighted by molar-refractivity contribution is -0.135. The molecule has 0 bridgehead atoms. The lowest BCUT2D eigenvalue weighted by atomic mass is 10.0. The van der Waals surface area contributed by atoms with Crippen LogP contribution >= 0.6 is 22.9 Å². The second-order valence-electron chi connectivity index (χ2n) is 1.37. The maximum absolute atomic E-state index is 7.94. The number of halogens is 1. The van der Waals surface area contributed by atoms with E-state index in [1.54, 1.807) is 12.1 Å². The molecule has 5 heteroatoms. The fourth-order valence-corrected chi connectivity index (χ4v) is 1.36. The molecule has 0 spiro atoms. The summed E-state index contributed by atoms with van der Waals surface area (Å²) in [7, 11) is 1.22. The Labute approximate surface area is 62.2 Å². The molecule has 9 heavy (non-hydrogen) atoms. The number of hydrogen-bond donors (Lipinski definition) is 1. The molecule has 1 aromatic rings. The normalized spacial score (nSPS) is 9.56. The summed E-state index contributed by atoms with van der Waals surface area (Å²) < 4.78 is 1.47. The van der Waals surface area contributed by atoms with Gasteiger partial charge >= 0.3 is 7.48 Å². The maximum Gasteiger partial charge on any atom is 0.392 e. The SMILES string of the molecule is OO[B]c1ccc(Cl)s1. The van der Waals surface area contributed by atoms with Crippen LogP contribution in [0.2, 0.25) is 4.34 Å². The zero-order valence-corrected chi connectivity index (χ0v) is 5.95. The van der Waals surface area contributed by atoms with Gasteiger partial charge in [0, 0.05) is 4.78 Å². The molecule has 0 amide bonds. The van der Waals surface area contributed by atoms with Gasteiger partial charge in [-0.05, 0) is 6.07 Å². The fraction of sp³-hybridized carbons (Fsp3) is 0. The van der Waals surface area contributed by atoms with Crippen LogP contribution in [0.3, 0.4) is 0 Å². The maximum atomic E-state index is 7.94. The Kier molecular flexibility index (Phi) is 2.54. The van der Waals surface area contributed by atoms with Crippen molar-refractivity contribution < 1.29 is 10.1 Å².